The highest BCUT2D eigenvalue weighted by atomic mass is 19.2. The highest BCUT2D eigenvalue weighted by molar-refractivity contribution is 5.27. The normalized spacial score (nSPS) is 19.8. The summed E-state index contributed by atoms with van der Waals surface area (Å²) in [7, 11) is 0. The van der Waals surface area contributed by atoms with Gasteiger partial charge in [-0.05, 0) is 32.0 Å². The van der Waals surface area contributed by atoms with Gasteiger partial charge in [-0.15, -0.1) is 0 Å². The zero-order chi connectivity index (χ0) is 11.8. The minimum Gasteiger partial charge on any atom is -0.385 e. The lowest BCUT2D eigenvalue weighted by atomic mass is 9.85. The molecule has 1 saturated heterocycles. The van der Waals surface area contributed by atoms with Crippen molar-refractivity contribution in [2.75, 3.05) is 13.1 Å². The maximum Gasteiger partial charge on any atom is 0.194 e. The maximum atomic E-state index is 13.5. The fourth-order valence-electron chi connectivity index (χ4n) is 1.99. The summed E-state index contributed by atoms with van der Waals surface area (Å²) in [6.45, 7) is 1.05. The van der Waals surface area contributed by atoms with E-state index in [2.05, 4.69) is 5.32 Å². The Labute approximate surface area is 91.1 Å². The number of hydrogen-bond donors (Lipinski definition) is 2. The van der Waals surface area contributed by atoms with E-state index in [1.54, 1.807) is 0 Å². The van der Waals surface area contributed by atoms with E-state index in [1.807, 2.05) is 0 Å². The van der Waals surface area contributed by atoms with Gasteiger partial charge in [-0.3, -0.25) is 0 Å². The molecule has 0 atom stereocenters. The van der Waals surface area contributed by atoms with Crippen LogP contribution in [0.2, 0.25) is 0 Å². The highest BCUT2D eigenvalue weighted by Crippen LogP contribution is 2.33. The van der Waals surface area contributed by atoms with Gasteiger partial charge in [0.15, 0.2) is 17.5 Å². The second kappa shape index (κ2) is 4.07. The Kier molecular flexibility index (Phi) is 2.90. The molecule has 1 aliphatic heterocycles. The Morgan fingerprint density at radius 2 is 1.69 bits per heavy atom. The van der Waals surface area contributed by atoms with Crippen molar-refractivity contribution >= 4 is 0 Å². The third kappa shape index (κ3) is 1.81. The van der Waals surface area contributed by atoms with Crippen molar-refractivity contribution in [1.82, 2.24) is 5.32 Å². The van der Waals surface area contributed by atoms with Crippen LogP contribution in [-0.2, 0) is 5.60 Å². The van der Waals surface area contributed by atoms with Gasteiger partial charge in [0, 0.05) is 5.56 Å². The number of nitrogens with one attached hydrogen (secondary N) is 1. The quantitative estimate of drug-likeness (QED) is 0.721. The van der Waals surface area contributed by atoms with Crippen LogP contribution in [0.1, 0.15) is 18.4 Å². The van der Waals surface area contributed by atoms with Crippen molar-refractivity contribution in [3.63, 3.8) is 0 Å². The first-order chi connectivity index (χ1) is 7.54. The number of benzene rings is 1. The average Bonchev–Trinajstić information content (AvgIpc) is 2.27. The first-order valence-corrected chi connectivity index (χ1v) is 5.12. The highest BCUT2D eigenvalue weighted by Gasteiger charge is 2.35. The summed E-state index contributed by atoms with van der Waals surface area (Å²) in [6.07, 6.45) is 0.573. The van der Waals surface area contributed by atoms with E-state index in [1.165, 1.54) is 0 Å². The largest absolute Gasteiger partial charge is 0.385 e. The standard InChI is InChI=1S/C11H12F3NO/c12-8-2-1-7(9(13)10(8)14)11(16)3-5-15-6-4-11/h1-2,15-16H,3-6H2. The zero-order valence-corrected chi connectivity index (χ0v) is 8.56. The summed E-state index contributed by atoms with van der Waals surface area (Å²) in [5.74, 6) is -4.05. The van der Waals surface area contributed by atoms with E-state index in [-0.39, 0.29) is 18.4 Å². The van der Waals surface area contributed by atoms with Crippen molar-refractivity contribution in [2.45, 2.75) is 18.4 Å². The molecule has 0 aromatic heterocycles. The first-order valence-electron chi connectivity index (χ1n) is 5.12. The molecule has 0 amide bonds. The summed E-state index contributed by atoms with van der Waals surface area (Å²) in [6, 6.07) is 1.95. The summed E-state index contributed by atoms with van der Waals surface area (Å²) in [5.41, 5.74) is -1.56. The summed E-state index contributed by atoms with van der Waals surface area (Å²) < 4.78 is 39.3. The number of piperidine rings is 1. The third-order valence-electron chi connectivity index (χ3n) is 2.97. The maximum absolute atomic E-state index is 13.5. The fourth-order valence-corrected chi connectivity index (χ4v) is 1.99. The first kappa shape index (κ1) is 11.4. The van der Waals surface area contributed by atoms with E-state index < -0.39 is 23.1 Å². The molecular weight excluding hydrogens is 219 g/mol. The van der Waals surface area contributed by atoms with Crippen molar-refractivity contribution in [3.8, 4) is 0 Å². The molecule has 0 aliphatic carbocycles. The summed E-state index contributed by atoms with van der Waals surface area (Å²) in [4.78, 5) is 0. The molecule has 0 saturated carbocycles. The molecule has 88 valence electrons. The molecule has 2 N–H and O–H groups in total. The van der Waals surface area contributed by atoms with E-state index in [9.17, 15) is 18.3 Å². The fraction of sp³-hybridized carbons (Fsp3) is 0.455. The lowest BCUT2D eigenvalue weighted by molar-refractivity contribution is 0.00203. The van der Waals surface area contributed by atoms with E-state index in [4.69, 9.17) is 0 Å². The van der Waals surface area contributed by atoms with Crippen LogP contribution in [0.15, 0.2) is 12.1 Å². The molecule has 16 heavy (non-hydrogen) atoms. The van der Waals surface area contributed by atoms with Crippen LogP contribution in [0, 0.1) is 17.5 Å². The zero-order valence-electron chi connectivity index (χ0n) is 8.56. The molecule has 5 heteroatoms. The molecule has 0 bridgehead atoms. The van der Waals surface area contributed by atoms with Gasteiger partial charge in [0.25, 0.3) is 0 Å². The van der Waals surface area contributed by atoms with Crippen LogP contribution in [0.25, 0.3) is 0 Å². The number of aliphatic hydroxyl groups is 1. The molecular formula is C11H12F3NO. The lowest BCUT2D eigenvalue weighted by Gasteiger charge is -2.33. The molecule has 1 fully saturated rings. The second-order valence-electron chi connectivity index (χ2n) is 4.00. The SMILES string of the molecule is OC1(c2ccc(F)c(F)c2F)CCNCC1. The Morgan fingerprint density at radius 1 is 1.06 bits per heavy atom. The van der Waals surface area contributed by atoms with Crippen LogP contribution < -0.4 is 5.32 Å². The number of rotatable bonds is 1. The van der Waals surface area contributed by atoms with Crippen LogP contribution in [0.5, 0.6) is 0 Å². The van der Waals surface area contributed by atoms with Crippen LogP contribution in [0.3, 0.4) is 0 Å². The van der Waals surface area contributed by atoms with Crippen LogP contribution in [0.4, 0.5) is 13.2 Å². The smallest absolute Gasteiger partial charge is 0.194 e. The molecule has 1 aromatic carbocycles. The van der Waals surface area contributed by atoms with E-state index >= 15 is 0 Å². The average molecular weight is 231 g/mol. The molecule has 2 rings (SSSR count). The van der Waals surface area contributed by atoms with Gasteiger partial charge in [-0.1, -0.05) is 6.07 Å². The Bertz CT molecular complexity index is 402. The van der Waals surface area contributed by atoms with Gasteiger partial charge in [-0.25, -0.2) is 13.2 Å². The van der Waals surface area contributed by atoms with Crippen molar-refractivity contribution in [2.24, 2.45) is 0 Å². The molecule has 0 radical (unpaired) electrons. The third-order valence-corrected chi connectivity index (χ3v) is 2.97. The van der Waals surface area contributed by atoms with Gasteiger partial charge < -0.3 is 10.4 Å². The molecule has 2 nitrogen and oxygen atoms in total. The second-order valence-corrected chi connectivity index (χ2v) is 4.00. The summed E-state index contributed by atoms with van der Waals surface area (Å²) >= 11 is 0. The molecule has 1 aromatic rings. The van der Waals surface area contributed by atoms with Crippen molar-refractivity contribution < 1.29 is 18.3 Å². The van der Waals surface area contributed by atoms with E-state index in [0.29, 0.717) is 13.1 Å². The molecule has 0 spiro atoms. The van der Waals surface area contributed by atoms with Crippen LogP contribution >= 0.6 is 0 Å². The number of halogens is 3. The number of hydrogen-bond acceptors (Lipinski definition) is 2. The van der Waals surface area contributed by atoms with Gasteiger partial charge in [0.05, 0.1) is 5.60 Å². The monoisotopic (exact) mass is 231 g/mol. The Hall–Kier alpha value is -1.07. The van der Waals surface area contributed by atoms with Gasteiger partial charge in [0.2, 0.25) is 0 Å². The van der Waals surface area contributed by atoms with E-state index in [0.717, 1.165) is 12.1 Å². The molecule has 1 aliphatic rings. The minimum atomic E-state index is -1.52. The van der Waals surface area contributed by atoms with Gasteiger partial charge in [0.1, 0.15) is 0 Å². The minimum absolute atomic E-state index is 0.159. The Balaban J connectivity index is 2.43. The Morgan fingerprint density at radius 3 is 2.31 bits per heavy atom. The predicted molar refractivity (Wildman–Crippen MR) is 52.3 cm³/mol. The predicted octanol–water partition coefficient (Wildman–Crippen LogP) is 1.67. The van der Waals surface area contributed by atoms with Crippen LogP contribution in [-0.4, -0.2) is 18.2 Å². The summed E-state index contributed by atoms with van der Waals surface area (Å²) in [5, 5.41) is 13.2. The molecule has 1 heterocycles. The topological polar surface area (TPSA) is 32.3 Å². The van der Waals surface area contributed by atoms with Gasteiger partial charge in [-0.2, -0.15) is 0 Å². The van der Waals surface area contributed by atoms with Crippen molar-refractivity contribution in [3.05, 3.63) is 35.1 Å². The lowest BCUT2D eigenvalue weighted by Crippen LogP contribution is -2.40. The van der Waals surface area contributed by atoms with Crippen molar-refractivity contribution in [1.29, 1.82) is 0 Å². The molecule has 0 unspecified atom stereocenters. The van der Waals surface area contributed by atoms with Gasteiger partial charge >= 0.3 is 0 Å².